The minimum atomic E-state index is -1.74. The van der Waals surface area contributed by atoms with Crippen LogP contribution in [0.15, 0.2) is 114 Å². The second-order valence-corrected chi connectivity index (χ2v) is 9.14. The monoisotopic (exact) mass is 470 g/mol. The lowest BCUT2D eigenvalue weighted by atomic mass is 9.72. The molecular weight excluding hydrogens is 448 g/mol. The van der Waals surface area contributed by atoms with Gasteiger partial charge in [-0.25, -0.2) is 5.01 Å². The number of anilines is 1. The van der Waals surface area contributed by atoms with Gasteiger partial charge in [-0.05, 0) is 24.6 Å². The van der Waals surface area contributed by atoms with E-state index in [1.807, 2.05) is 55.5 Å². The molecule has 5 nitrogen and oxygen atoms in total. The first-order chi connectivity index (χ1) is 17.5. The van der Waals surface area contributed by atoms with E-state index < -0.39 is 11.5 Å². The van der Waals surface area contributed by atoms with Gasteiger partial charge >= 0.3 is 0 Å². The lowest BCUT2D eigenvalue weighted by Gasteiger charge is -2.36. The lowest BCUT2D eigenvalue weighted by Crippen LogP contribution is -2.57. The third kappa shape index (κ3) is 3.02. The smallest absolute Gasteiger partial charge is 0.209 e. The lowest BCUT2D eigenvalue weighted by molar-refractivity contribution is 0.0791. The molecule has 1 aliphatic carbocycles. The van der Waals surface area contributed by atoms with Crippen molar-refractivity contribution in [3.8, 4) is 0 Å². The Kier molecular flexibility index (Phi) is 5.00. The number of rotatable bonds is 4. The van der Waals surface area contributed by atoms with Crippen molar-refractivity contribution in [2.24, 2.45) is 5.10 Å². The van der Waals surface area contributed by atoms with Gasteiger partial charge in [0, 0.05) is 16.7 Å². The number of hydrogen-bond donors (Lipinski definition) is 0. The number of carbonyl (C=O) groups excluding carboxylic acids is 3. The predicted octanol–water partition coefficient (Wildman–Crippen LogP) is 5.66. The Morgan fingerprint density at radius 3 is 1.83 bits per heavy atom. The maximum Gasteiger partial charge on any atom is 0.209 e. The van der Waals surface area contributed by atoms with Gasteiger partial charge in [0.25, 0.3) is 0 Å². The van der Waals surface area contributed by atoms with Gasteiger partial charge in [0.2, 0.25) is 11.3 Å². The number of carbonyl (C=O) groups is 3. The molecule has 1 atom stereocenters. The van der Waals surface area contributed by atoms with Gasteiger partial charge in [0.15, 0.2) is 11.6 Å². The maximum absolute atomic E-state index is 14.3. The number of aryl methyl sites for hydroxylation is 1. The number of ketones is 3. The third-order valence-electron chi connectivity index (χ3n) is 7.02. The molecule has 1 aliphatic heterocycles. The van der Waals surface area contributed by atoms with Crippen LogP contribution < -0.4 is 5.01 Å². The number of benzene rings is 4. The molecule has 0 fully saturated rings. The number of hydrazone groups is 1. The first-order valence-corrected chi connectivity index (χ1v) is 11.8. The van der Waals surface area contributed by atoms with E-state index in [-0.39, 0.29) is 23.1 Å². The summed E-state index contributed by atoms with van der Waals surface area (Å²) in [6, 6.07) is 32.5. The highest BCUT2D eigenvalue weighted by Crippen LogP contribution is 2.50. The van der Waals surface area contributed by atoms with Crippen molar-refractivity contribution in [3.05, 3.63) is 137 Å². The van der Waals surface area contributed by atoms with Crippen molar-refractivity contribution in [2.75, 3.05) is 5.01 Å². The molecule has 36 heavy (non-hydrogen) atoms. The van der Waals surface area contributed by atoms with Crippen LogP contribution in [0.2, 0.25) is 0 Å². The summed E-state index contributed by atoms with van der Waals surface area (Å²) in [4.78, 5) is 42.6. The molecule has 2 aliphatic rings. The zero-order valence-corrected chi connectivity index (χ0v) is 19.6. The Hall–Kier alpha value is -4.64. The van der Waals surface area contributed by atoms with E-state index in [0.29, 0.717) is 27.9 Å². The van der Waals surface area contributed by atoms with E-state index in [1.54, 1.807) is 60.7 Å². The van der Waals surface area contributed by atoms with Crippen molar-refractivity contribution in [3.63, 3.8) is 0 Å². The summed E-state index contributed by atoms with van der Waals surface area (Å²) in [5.74, 6) is -1.90. The highest BCUT2D eigenvalue weighted by molar-refractivity contribution is 6.52. The van der Waals surface area contributed by atoms with Crippen LogP contribution in [0, 0.1) is 6.92 Å². The van der Waals surface area contributed by atoms with Gasteiger partial charge < -0.3 is 0 Å². The minimum Gasteiger partial charge on any atom is -0.291 e. The molecule has 0 N–H and O–H groups in total. The van der Waals surface area contributed by atoms with Crippen molar-refractivity contribution < 1.29 is 14.4 Å². The largest absolute Gasteiger partial charge is 0.291 e. The van der Waals surface area contributed by atoms with E-state index in [1.165, 1.54) is 5.01 Å². The minimum absolute atomic E-state index is 0.170. The number of para-hydroxylation sites is 1. The zero-order chi connectivity index (χ0) is 24.9. The van der Waals surface area contributed by atoms with Crippen molar-refractivity contribution in [2.45, 2.75) is 18.4 Å². The molecule has 0 radical (unpaired) electrons. The van der Waals surface area contributed by atoms with Crippen LogP contribution in [0.5, 0.6) is 0 Å². The molecule has 1 spiro atoms. The maximum atomic E-state index is 14.3. The summed E-state index contributed by atoms with van der Waals surface area (Å²) < 4.78 is 0. The zero-order valence-electron chi connectivity index (χ0n) is 19.6. The Morgan fingerprint density at radius 2 is 1.25 bits per heavy atom. The van der Waals surface area contributed by atoms with E-state index in [4.69, 9.17) is 5.10 Å². The van der Waals surface area contributed by atoms with Gasteiger partial charge in [-0.3, -0.25) is 14.4 Å². The Balaban J connectivity index is 1.65. The highest BCUT2D eigenvalue weighted by Gasteiger charge is 2.67. The van der Waals surface area contributed by atoms with Crippen LogP contribution in [0.1, 0.15) is 48.1 Å². The van der Waals surface area contributed by atoms with E-state index in [9.17, 15) is 14.4 Å². The molecular formula is C31H22N2O3. The molecule has 0 saturated carbocycles. The molecule has 174 valence electrons. The van der Waals surface area contributed by atoms with Gasteiger partial charge in [-0.1, -0.05) is 103 Å². The van der Waals surface area contributed by atoms with E-state index in [2.05, 4.69) is 0 Å². The van der Waals surface area contributed by atoms with Gasteiger partial charge in [-0.2, -0.15) is 5.10 Å². The molecule has 0 bridgehead atoms. The van der Waals surface area contributed by atoms with Crippen LogP contribution in [0.4, 0.5) is 5.69 Å². The second kappa shape index (κ2) is 8.24. The average molecular weight is 471 g/mol. The molecule has 0 aromatic heterocycles. The molecule has 0 saturated heterocycles. The molecule has 1 unspecified atom stereocenters. The Bertz CT molecular complexity index is 1510. The van der Waals surface area contributed by atoms with Crippen LogP contribution in [0.25, 0.3) is 0 Å². The number of nitrogens with zero attached hydrogens (tertiary/aromatic N) is 2. The van der Waals surface area contributed by atoms with Gasteiger partial charge in [0.05, 0.1) is 11.6 Å². The van der Waals surface area contributed by atoms with Crippen molar-refractivity contribution in [1.29, 1.82) is 0 Å². The summed E-state index contributed by atoms with van der Waals surface area (Å²) in [6.45, 7) is 1.97. The van der Waals surface area contributed by atoms with Crippen LogP contribution in [0.3, 0.4) is 0 Å². The quantitative estimate of drug-likeness (QED) is 0.285. The van der Waals surface area contributed by atoms with E-state index in [0.717, 1.165) is 5.56 Å². The van der Waals surface area contributed by atoms with Crippen molar-refractivity contribution in [1.82, 2.24) is 0 Å². The van der Waals surface area contributed by atoms with Crippen LogP contribution in [-0.4, -0.2) is 28.6 Å². The molecule has 6 rings (SSSR count). The summed E-state index contributed by atoms with van der Waals surface area (Å²) in [5, 5.41) is 6.28. The number of fused-ring (bicyclic) bond motifs is 1. The molecule has 0 amide bonds. The summed E-state index contributed by atoms with van der Waals surface area (Å²) in [7, 11) is 0. The standard InChI is InChI=1S/C31H22N2O3/c1-20-16-18-21(19-17-20)26-27(28(34)22-10-4-2-5-11-22)32-33(23-12-6-3-7-13-23)31(26)29(35)24-14-8-9-15-25(24)30(31)36/h2-19,26H,1H3. The topological polar surface area (TPSA) is 66.8 Å². The second-order valence-electron chi connectivity index (χ2n) is 9.14. The fourth-order valence-corrected chi connectivity index (χ4v) is 5.31. The molecule has 4 aromatic rings. The van der Waals surface area contributed by atoms with Crippen LogP contribution >= 0.6 is 0 Å². The predicted molar refractivity (Wildman–Crippen MR) is 139 cm³/mol. The molecule has 4 aromatic carbocycles. The third-order valence-corrected chi connectivity index (χ3v) is 7.02. The summed E-state index contributed by atoms with van der Waals surface area (Å²) in [5.41, 5.74) is 1.88. The highest BCUT2D eigenvalue weighted by atomic mass is 16.2. The van der Waals surface area contributed by atoms with E-state index >= 15 is 0 Å². The fourth-order valence-electron chi connectivity index (χ4n) is 5.31. The van der Waals surface area contributed by atoms with Crippen molar-refractivity contribution >= 4 is 28.7 Å². The number of hydrogen-bond acceptors (Lipinski definition) is 5. The fraction of sp³-hybridized carbons (Fsp3) is 0.0968. The SMILES string of the molecule is Cc1ccc(C2C(C(=O)c3ccccc3)=NN(c3ccccc3)C23C(=O)c2ccccc2C3=O)cc1. The van der Waals surface area contributed by atoms with Gasteiger partial charge in [-0.15, -0.1) is 0 Å². The Labute approximate surface area is 208 Å². The first kappa shape index (κ1) is 21.9. The molecule has 5 heteroatoms. The van der Waals surface area contributed by atoms with Gasteiger partial charge in [0.1, 0.15) is 5.71 Å². The summed E-state index contributed by atoms with van der Waals surface area (Å²) >= 11 is 0. The normalized spacial score (nSPS) is 17.9. The van der Waals surface area contributed by atoms with Crippen LogP contribution in [-0.2, 0) is 0 Å². The first-order valence-electron chi connectivity index (χ1n) is 11.8. The average Bonchev–Trinajstić information content (AvgIpc) is 3.40. The summed E-state index contributed by atoms with van der Waals surface area (Å²) in [6.07, 6.45) is 0. The Morgan fingerprint density at radius 1 is 0.722 bits per heavy atom. The molecule has 1 heterocycles. The number of Topliss-reactive ketones (excluding diaryl/α,β-unsaturated/α-hetero) is 3.